The van der Waals surface area contributed by atoms with Crippen molar-refractivity contribution in [3.05, 3.63) is 61.3 Å². The minimum atomic E-state index is -0.209. The normalized spacial score (nSPS) is 10.3. The molecule has 0 atom stereocenters. The van der Waals surface area contributed by atoms with Gasteiger partial charge in [-0.1, -0.05) is 18.2 Å². The van der Waals surface area contributed by atoms with E-state index in [2.05, 4.69) is 15.3 Å². The summed E-state index contributed by atoms with van der Waals surface area (Å²) in [5.41, 5.74) is 3.91. The van der Waals surface area contributed by atoms with Gasteiger partial charge in [-0.3, -0.25) is 9.55 Å². The number of pyridine rings is 1. The molecule has 3 rings (SSSR count). The van der Waals surface area contributed by atoms with Gasteiger partial charge in [0, 0.05) is 31.2 Å². The van der Waals surface area contributed by atoms with Crippen molar-refractivity contribution in [2.45, 2.75) is 0 Å². The molecule has 1 amide bonds. The molecule has 0 aliphatic heterocycles. The van der Waals surface area contributed by atoms with Crippen LogP contribution in [-0.4, -0.2) is 27.6 Å². The molecule has 1 aromatic carbocycles. The van der Waals surface area contributed by atoms with Gasteiger partial charge in [0.1, 0.15) is 6.33 Å². The number of benzene rings is 1. The SMILES string of the molecule is CNC(=O)n1cnc(-c2cccc(-c3ccncc3)c2)c1. The molecule has 0 saturated heterocycles. The first kappa shape index (κ1) is 13.1. The lowest BCUT2D eigenvalue weighted by Crippen LogP contribution is -2.22. The van der Waals surface area contributed by atoms with E-state index in [9.17, 15) is 4.79 Å². The fourth-order valence-corrected chi connectivity index (χ4v) is 2.11. The second-order valence-electron chi connectivity index (χ2n) is 4.54. The summed E-state index contributed by atoms with van der Waals surface area (Å²) in [6.07, 6.45) is 6.75. The summed E-state index contributed by atoms with van der Waals surface area (Å²) in [6.45, 7) is 0. The molecule has 21 heavy (non-hydrogen) atoms. The summed E-state index contributed by atoms with van der Waals surface area (Å²) < 4.78 is 1.43. The maximum Gasteiger partial charge on any atom is 0.326 e. The van der Waals surface area contributed by atoms with E-state index in [0.29, 0.717) is 0 Å². The molecule has 3 aromatic rings. The highest BCUT2D eigenvalue weighted by atomic mass is 16.2. The Hall–Kier alpha value is -2.95. The van der Waals surface area contributed by atoms with Gasteiger partial charge in [-0.25, -0.2) is 9.78 Å². The predicted octanol–water partition coefficient (Wildman–Crippen LogP) is 2.80. The summed E-state index contributed by atoms with van der Waals surface area (Å²) in [5, 5.41) is 2.56. The van der Waals surface area contributed by atoms with Crippen LogP contribution in [0, 0.1) is 0 Å². The second-order valence-corrected chi connectivity index (χ2v) is 4.54. The van der Waals surface area contributed by atoms with Gasteiger partial charge in [-0.05, 0) is 29.3 Å². The van der Waals surface area contributed by atoms with E-state index in [1.165, 1.54) is 10.9 Å². The Bertz CT molecular complexity index is 765. The zero-order valence-corrected chi connectivity index (χ0v) is 11.5. The predicted molar refractivity (Wildman–Crippen MR) is 80.7 cm³/mol. The molecular formula is C16H14N4O. The van der Waals surface area contributed by atoms with E-state index in [4.69, 9.17) is 0 Å². The standard InChI is InChI=1S/C16H14N4O/c1-17-16(21)20-10-15(19-11-20)14-4-2-3-13(9-14)12-5-7-18-8-6-12/h2-11H,1H3,(H,17,21). The Morgan fingerprint density at radius 3 is 2.62 bits per heavy atom. The van der Waals surface area contributed by atoms with Crippen molar-refractivity contribution in [2.24, 2.45) is 0 Å². The smallest absolute Gasteiger partial charge is 0.326 e. The quantitative estimate of drug-likeness (QED) is 0.784. The molecule has 5 heteroatoms. The Labute approximate surface area is 122 Å². The molecule has 104 valence electrons. The molecule has 0 bridgehead atoms. The van der Waals surface area contributed by atoms with Gasteiger partial charge in [0.2, 0.25) is 0 Å². The number of aromatic nitrogens is 3. The highest BCUT2D eigenvalue weighted by Crippen LogP contribution is 2.24. The van der Waals surface area contributed by atoms with Crippen molar-refractivity contribution in [3.63, 3.8) is 0 Å². The minimum Gasteiger partial charge on any atom is -0.340 e. The van der Waals surface area contributed by atoms with E-state index in [0.717, 1.165) is 22.4 Å². The maximum absolute atomic E-state index is 11.6. The number of hydrogen-bond donors (Lipinski definition) is 1. The Morgan fingerprint density at radius 2 is 1.86 bits per heavy atom. The number of imidazole rings is 1. The van der Waals surface area contributed by atoms with E-state index < -0.39 is 0 Å². The average molecular weight is 278 g/mol. The third kappa shape index (κ3) is 2.67. The molecule has 0 fully saturated rings. The number of nitrogens with one attached hydrogen (secondary N) is 1. The molecule has 0 spiro atoms. The molecule has 2 heterocycles. The maximum atomic E-state index is 11.6. The third-order valence-electron chi connectivity index (χ3n) is 3.20. The number of amides is 1. The van der Waals surface area contributed by atoms with Gasteiger partial charge in [0.25, 0.3) is 0 Å². The van der Waals surface area contributed by atoms with Crippen molar-refractivity contribution < 1.29 is 4.79 Å². The lowest BCUT2D eigenvalue weighted by atomic mass is 10.0. The van der Waals surface area contributed by atoms with Crippen LogP contribution in [0.2, 0.25) is 0 Å². The molecule has 0 radical (unpaired) electrons. The molecule has 1 N–H and O–H groups in total. The number of rotatable bonds is 2. The first-order valence-electron chi connectivity index (χ1n) is 6.55. The molecule has 2 aromatic heterocycles. The molecule has 5 nitrogen and oxygen atoms in total. The van der Waals surface area contributed by atoms with Gasteiger partial charge >= 0.3 is 6.03 Å². The number of carbonyl (C=O) groups is 1. The molecule has 0 aliphatic carbocycles. The van der Waals surface area contributed by atoms with Crippen molar-refractivity contribution >= 4 is 6.03 Å². The summed E-state index contributed by atoms with van der Waals surface area (Å²) in [4.78, 5) is 19.9. The van der Waals surface area contributed by atoms with Crippen molar-refractivity contribution in [3.8, 4) is 22.4 Å². The Morgan fingerprint density at radius 1 is 1.10 bits per heavy atom. The van der Waals surface area contributed by atoms with Crippen LogP contribution in [-0.2, 0) is 0 Å². The molecular weight excluding hydrogens is 264 g/mol. The van der Waals surface area contributed by atoms with E-state index in [1.807, 2.05) is 36.4 Å². The zero-order valence-electron chi connectivity index (χ0n) is 11.5. The Balaban J connectivity index is 1.97. The van der Waals surface area contributed by atoms with Crippen LogP contribution in [0.25, 0.3) is 22.4 Å². The van der Waals surface area contributed by atoms with Crippen LogP contribution in [0.4, 0.5) is 4.79 Å². The summed E-state index contributed by atoms with van der Waals surface area (Å²) in [5.74, 6) is 0. The molecule has 0 unspecified atom stereocenters. The first-order chi connectivity index (χ1) is 10.3. The van der Waals surface area contributed by atoms with Gasteiger partial charge in [0.05, 0.1) is 5.69 Å². The minimum absolute atomic E-state index is 0.209. The third-order valence-corrected chi connectivity index (χ3v) is 3.20. The summed E-state index contributed by atoms with van der Waals surface area (Å²) in [6, 6.07) is 11.7. The van der Waals surface area contributed by atoms with Crippen LogP contribution < -0.4 is 5.32 Å². The fourth-order valence-electron chi connectivity index (χ4n) is 2.11. The Kier molecular flexibility index (Phi) is 3.47. The van der Waals surface area contributed by atoms with Crippen molar-refractivity contribution in [1.82, 2.24) is 19.9 Å². The molecule has 0 aliphatic rings. The number of carbonyl (C=O) groups excluding carboxylic acids is 1. The van der Waals surface area contributed by atoms with Gasteiger partial charge in [0.15, 0.2) is 0 Å². The lowest BCUT2D eigenvalue weighted by Gasteiger charge is -2.03. The van der Waals surface area contributed by atoms with Crippen LogP contribution in [0.15, 0.2) is 61.3 Å². The lowest BCUT2D eigenvalue weighted by molar-refractivity contribution is 0.244. The van der Waals surface area contributed by atoms with Crippen molar-refractivity contribution in [2.75, 3.05) is 7.05 Å². The highest BCUT2D eigenvalue weighted by molar-refractivity contribution is 5.78. The van der Waals surface area contributed by atoms with Gasteiger partial charge in [-0.2, -0.15) is 0 Å². The van der Waals surface area contributed by atoms with E-state index >= 15 is 0 Å². The van der Waals surface area contributed by atoms with Crippen LogP contribution in [0.5, 0.6) is 0 Å². The number of hydrogen-bond acceptors (Lipinski definition) is 3. The monoisotopic (exact) mass is 278 g/mol. The van der Waals surface area contributed by atoms with E-state index in [1.54, 1.807) is 25.6 Å². The second kappa shape index (κ2) is 5.58. The first-order valence-corrected chi connectivity index (χ1v) is 6.55. The molecule has 0 saturated carbocycles. The zero-order chi connectivity index (χ0) is 14.7. The topological polar surface area (TPSA) is 59.8 Å². The van der Waals surface area contributed by atoms with Crippen molar-refractivity contribution in [1.29, 1.82) is 0 Å². The van der Waals surface area contributed by atoms with Gasteiger partial charge < -0.3 is 5.32 Å². The summed E-state index contributed by atoms with van der Waals surface area (Å²) >= 11 is 0. The number of nitrogens with zero attached hydrogens (tertiary/aromatic N) is 3. The van der Waals surface area contributed by atoms with Gasteiger partial charge in [-0.15, -0.1) is 0 Å². The largest absolute Gasteiger partial charge is 0.340 e. The fraction of sp³-hybridized carbons (Fsp3) is 0.0625. The highest BCUT2D eigenvalue weighted by Gasteiger charge is 2.07. The van der Waals surface area contributed by atoms with Crippen LogP contribution in [0.3, 0.4) is 0 Å². The van der Waals surface area contributed by atoms with Crippen LogP contribution >= 0.6 is 0 Å². The van der Waals surface area contributed by atoms with Crippen LogP contribution in [0.1, 0.15) is 0 Å². The summed E-state index contributed by atoms with van der Waals surface area (Å²) in [7, 11) is 1.59. The van der Waals surface area contributed by atoms with E-state index in [-0.39, 0.29) is 6.03 Å². The average Bonchev–Trinajstić information content (AvgIpc) is 3.05.